The van der Waals surface area contributed by atoms with E-state index in [-0.39, 0.29) is 20.1 Å². The molecule has 0 atom stereocenters. The number of nitrogens with zero attached hydrogens (tertiary/aromatic N) is 1. The van der Waals surface area contributed by atoms with E-state index in [1.807, 2.05) is 24.3 Å². The zero-order chi connectivity index (χ0) is 17.8. The van der Waals surface area contributed by atoms with Crippen LogP contribution in [-0.4, -0.2) is 13.1 Å². The van der Waals surface area contributed by atoms with Crippen molar-refractivity contribution in [1.29, 1.82) is 0 Å². The first-order chi connectivity index (χ1) is 12.8. The number of hydrogen-bond donors (Lipinski definition) is 0. The molecular weight excluding hydrogens is 523 g/mol. The first-order valence-electron chi connectivity index (χ1n) is 8.63. The molecule has 0 spiro atoms. The molecule has 0 saturated carbocycles. The molecule has 0 unspecified atom stereocenters. The Hall–Kier alpha value is -2.32. The van der Waals surface area contributed by atoms with E-state index in [0.29, 0.717) is 5.69 Å². The standard InChI is InChI=1S/C24H18NSi.Ir/c1-20-12-11-19-24(25-20)26(21-13-5-2-6-14-21,22-15-7-3-8-16-22)23-17-9-4-10-18-23;/h1-17,19H;/q-1;. The topological polar surface area (TPSA) is 12.9 Å². The fourth-order valence-corrected chi connectivity index (χ4v) is 8.07. The summed E-state index contributed by atoms with van der Waals surface area (Å²) in [6.45, 7) is 6.09. The number of hydrogen-bond acceptors (Lipinski definition) is 1. The van der Waals surface area contributed by atoms with Crippen LogP contribution in [0.25, 0.3) is 0 Å². The van der Waals surface area contributed by atoms with E-state index in [1.54, 1.807) is 0 Å². The minimum atomic E-state index is -2.58. The molecule has 1 nitrogen and oxygen atoms in total. The summed E-state index contributed by atoms with van der Waals surface area (Å²) < 4.78 is 0. The van der Waals surface area contributed by atoms with Gasteiger partial charge in [0.15, 0.2) is 8.07 Å². The molecule has 0 bridgehead atoms. The summed E-state index contributed by atoms with van der Waals surface area (Å²) in [5.41, 5.74) is 0.544. The Morgan fingerprint density at radius 3 is 1.78 bits per heavy atom. The van der Waals surface area contributed by atoms with E-state index in [0.717, 1.165) is 5.32 Å². The maximum Gasteiger partial charge on any atom is 0.177 e. The van der Waals surface area contributed by atoms with E-state index in [9.17, 15) is 0 Å². The van der Waals surface area contributed by atoms with Crippen molar-refractivity contribution in [3.8, 4) is 0 Å². The van der Waals surface area contributed by atoms with Gasteiger partial charge in [-0.2, -0.15) is 35.5 Å². The zero-order valence-corrected chi connectivity index (χ0v) is 18.1. The average Bonchev–Trinajstić information content (AvgIpc) is 2.71. The molecule has 1 heterocycles. The molecule has 4 rings (SSSR count). The van der Waals surface area contributed by atoms with Gasteiger partial charge in [-0.3, -0.25) is 4.98 Å². The molecule has 0 fully saturated rings. The number of pyridine rings is 1. The van der Waals surface area contributed by atoms with E-state index < -0.39 is 8.07 Å². The second kappa shape index (κ2) is 8.58. The first kappa shape index (κ1) is 19.4. The summed E-state index contributed by atoms with van der Waals surface area (Å²) in [7, 11) is -2.58. The van der Waals surface area contributed by atoms with Crippen LogP contribution in [0.2, 0.25) is 0 Å². The molecule has 0 amide bonds. The Morgan fingerprint density at radius 2 is 1.26 bits per heavy atom. The molecule has 0 saturated heterocycles. The van der Waals surface area contributed by atoms with Crippen LogP contribution in [0.1, 0.15) is 5.69 Å². The molecule has 0 N–H and O–H groups in total. The third kappa shape index (κ3) is 3.59. The predicted molar refractivity (Wildman–Crippen MR) is 110 cm³/mol. The summed E-state index contributed by atoms with van der Waals surface area (Å²) in [5.74, 6) is 0. The third-order valence-corrected chi connectivity index (χ3v) is 9.25. The average molecular weight is 541 g/mol. The normalized spacial score (nSPS) is 10.9. The largest absolute Gasteiger partial charge is 0.261 e. The number of rotatable bonds is 4. The van der Waals surface area contributed by atoms with Crippen molar-refractivity contribution in [1.82, 2.24) is 4.98 Å². The van der Waals surface area contributed by atoms with E-state index in [1.165, 1.54) is 15.6 Å². The van der Waals surface area contributed by atoms with Crippen molar-refractivity contribution in [2.75, 3.05) is 0 Å². The van der Waals surface area contributed by atoms with Gasteiger partial charge in [-0.15, -0.1) is 0 Å². The summed E-state index contributed by atoms with van der Waals surface area (Å²) in [6, 6.07) is 38.9. The van der Waals surface area contributed by atoms with Gasteiger partial charge in [0.1, 0.15) is 0 Å². The Balaban J connectivity index is 0.00000210. The predicted octanol–water partition coefficient (Wildman–Crippen LogP) is 2.32. The Morgan fingerprint density at radius 1 is 0.667 bits per heavy atom. The van der Waals surface area contributed by atoms with Crippen LogP contribution in [0, 0.1) is 13.0 Å². The minimum Gasteiger partial charge on any atom is -0.261 e. The summed E-state index contributed by atoms with van der Waals surface area (Å²) in [5, 5.41) is 4.74. The molecular formula is C24H18IrNSi-. The monoisotopic (exact) mass is 541 g/mol. The number of benzene rings is 3. The van der Waals surface area contributed by atoms with Crippen LogP contribution in [0.4, 0.5) is 0 Å². The molecule has 0 aliphatic carbocycles. The number of aromatic nitrogens is 1. The van der Waals surface area contributed by atoms with Crippen molar-refractivity contribution < 1.29 is 20.1 Å². The van der Waals surface area contributed by atoms with Gasteiger partial charge >= 0.3 is 0 Å². The van der Waals surface area contributed by atoms with Crippen molar-refractivity contribution in [2.45, 2.75) is 0 Å². The smallest absolute Gasteiger partial charge is 0.177 e. The van der Waals surface area contributed by atoms with Gasteiger partial charge in [-0.1, -0.05) is 66.7 Å². The van der Waals surface area contributed by atoms with E-state index >= 15 is 0 Å². The fourth-order valence-electron chi connectivity index (χ4n) is 3.57. The second-order valence-electron chi connectivity index (χ2n) is 6.21. The molecule has 0 aliphatic heterocycles. The van der Waals surface area contributed by atoms with Gasteiger partial charge in [0.2, 0.25) is 0 Å². The van der Waals surface area contributed by atoms with Gasteiger partial charge in [-0.05, 0) is 22.5 Å². The molecule has 3 heteroatoms. The molecule has 1 aromatic heterocycles. The summed E-state index contributed by atoms with van der Waals surface area (Å²) >= 11 is 0. The molecule has 133 valence electrons. The van der Waals surface area contributed by atoms with Gasteiger partial charge in [0, 0.05) is 38.0 Å². The molecule has 0 aliphatic rings. The molecule has 3 aromatic carbocycles. The van der Waals surface area contributed by atoms with Gasteiger partial charge in [-0.25, -0.2) is 0 Å². The van der Waals surface area contributed by atoms with Crippen LogP contribution in [0.5, 0.6) is 0 Å². The van der Waals surface area contributed by atoms with E-state index in [4.69, 9.17) is 11.9 Å². The van der Waals surface area contributed by atoms with Crippen LogP contribution < -0.4 is 20.9 Å². The fraction of sp³-hybridized carbons (Fsp3) is 0. The Kier molecular flexibility index (Phi) is 6.17. The van der Waals surface area contributed by atoms with Crippen LogP contribution >= 0.6 is 0 Å². The van der Waals surface area contributed by atoms with Gasteiger partial charge < -0.3 is 0 Å². The molecule has 3 radical (unpaired) electrons. The van der Waals surface area contributed by atoms with Crippen molar-refractivity contribution >= 4 is 29.0 Å². The maximum absolute atomic E-state index is 6.09. The summed E-state index contributed by atoms with van der Waals surface area (Å²) in [6.07, 6.45) is 0. The Bertz CT molecular complexity index is 892. The maximum atomic E-state index is 6.09. The summed E-state index contributed by atoms with van der Waals surface area (Å²) in [4.78, 5) is 4.79. The van der Waals surface area contributed by atoms with Crippen molar-refractivity contribution in [3.05, 3.63) is 122 Å². The second-order valence-corrected chi connectivity index (χ2v) is 9.91. The van der Waals surface area contributed by atoms with Crippen molar-refractivity contribution in [3.63, 3.8) is 0 Å². The molecule has 27 heavy (non-hydrogen) atoms. The zero-order valence-electron chi connectivity index (χ0n) is 14.7. The third-order valence-electron chi connectivity index (χ3n) is 4.68. The first-order valence-corrected chi connectivity index (χ1v) is 10.6. The van der Waals surface area contributed by atoms with Crippen molar-refractivity contribution in [2.24, 2.45) is 0 Å². The van der Waals surface area contributed by atoms with Crippen LogP contribution in [0.3, 0.4) is 0 Å². The molecule has 4 aromatic rings. The Labute approximate surface area is 175 Å². The SMILES string of the molecule is [CH]c1cccc([Si](c2[c-]cccc2)(c2ccccc2)c2ccccc2)n1.[Ir]. The van der Waals surface area contributed by atoms with E-state index in [2.05, 4.69) is 84.9 Å². The van der Waals surface area contributed by atoms with Gasteiger partial charge in [0.05, 0.1) is 0 Å². The van der Waals surface area contributed by atoms with Crippen LogP contribution in [0.15, 0.2) is 103 Å². The van der Waals surface area contributed by atoms with Crippen LogP contribution in [-0.2, 0) is 20.1 Å². The van der Waals surface area contributed by atoms with Gasteiger partial charge in [0.25, 0.3) is 0 Å². The quantitative estimate of drug-likeness (QED) is 0.220. The minimum absolute atomic E-state index is 0.